The number of nitrogens with zero attached hydrogens (tertiary/aromatic N) is 3. The zero-order valence-corrected chi connectivity index (χ0v) is 18.9. The molecule has 0 saturated carbocycles. The van der Waals surface area contributed by atoms with E-state index in [2.05, 4.69) is 0 Å². The molecule has 1 aromatic rings. The molecule has 3 rings (SSSR count). The number of hydrogen-bond acceptors (Lipinski definition) is 5. The van der Waals surface area contributed by atoms with Crippen LogP contribution in [0.3, 0.4) is 0 Å². The largest absolute Gasteiger partial charge is 0.445 e. The third-order valence-corrected chi connectivity index (χ3v) is 5.51. The average molecular weight is 432 g/mol. The molecule has 0 radical (unpaired) electrons. The quantitative estimate of drug-likeness (QED) is 0.734. The second-order valence-electron chi connectivity index (χ2n) is 9.22. The van der Waals surface area contributed by atoms with Crippen LogP contribution in [0.25, 0.3) is 0 Å². The molecule has 0 aromatic heterocycles. The topological polar surface area (TPSA) is 79.4 Å². The lowest BCUT2D eigenvalue weighted by Crippen LogP contribution is -2.65. The molecule has 8 nitrogen and oxygen atoms in total. The summed E-state index contributed by atoms with van der Waals surface area (Å²) in [5, 5.41) is 0. The van der Waals surface area contributed by atoms with Gasteiger partial charge < -0.3 is 19.3 Å². The number of piperazine rings is 1. The molecule has 8 heteroatoms. The summed E-state index contributed by atoms with van der Waals surface area (Å²) < 4.78 is 11.0. The van der Waals surface area contributed by atoms with Crippen molar-refractivity contribution in [2.24, 2.45) is 0 Å². The Morgan fingerprint density at radius 3 is 2.23 bits per heavy atom. The molecule has 0 unspecified atom stereocenters. The number of ether oxygens (including phenoxy) is 2. The van der Waals surface area contributed by atoms with E-state index >= 15 is 0 Å². The van der Waals surface area contributed by atoms with Gasteiger partial charge in [-0.1, -0.05) is 30.3 Å². The Morgan fingerprint density at radius 2 is 1.61 bits per heavy atom. The number of carbonyl (C=O) groups excluding carboxylic acids is 3. The lowest BCUT2D eigenvalue weighted by atomic mass is 10.1. The standard InChI is InChI=1S/C23H33N3O5/c1-17-14-26(21(28)30-16-18-10-6-5-7-11-18)19(20(27)24-12-8-9-13-24)15-25(17)22(29)31-23(2,3)4/h5-7,10-11,17,19H,8-9,12-16H2,1-4H3/t17-,19-/m1/s1. The summed E-state index contributed by atoms with van der Waals surface area (Å²) >= 11 is 0. The van der Waals surface area contributed by atoms with Gasteiger partial charge in [-0.25, -0.2) is 9.59 Å². The molecule has 2 heterocycles. The summed E-state index contributed by atoms with van der Waals surface area (Å²) in [6, 6.07) is 8.32. The molecule has 0 N–H and O–H groups in total. The predicted octanol–water partition coefficient (Wildman–Crippen LogP) is 3.26. The molecule has 2 aliphatic rings. The third kappa shape index (κ3) is 5.89. The summed E-state index contributed by atoms with van der Waals surface area (Å²) in [5.74, 6) is -0.144. The second kappa shape index (κ2) is 9.58. The second-order valence-corrected chi connectivity index (χ2v) is 9.22. The Labute approximate surface area is 184 Å². The van der Waals surface area contributed by atoms with Crippen molar-refractivity contribution in [1.29, 1.82) is 0 Å². The van der Waals surface area contributed by atoms with Gasteiger partial charge in [0, 0.05) is 19.6 Å². The van der Waals surface area contributed by atoms with Crippen molar-refractivity contribution in [2.45, 2.75) is 64.8 Å². The van der Waals surface area contributed by atoms with E-state index in [9.17, 15) is 14.4 Å². The van der Waals surface area contributed by atoms with Crippen molar-refractivity contribution in [2.75, 3.05) is 26.2 Å². The Kier molecular flexibility index (Phi) is 7.08. The molecule has 2 fully saturated rings. The Hall–Kier alpha value is -2.77. The minimum Gasteiger partial charge on any atom is -0.445 e. The summed E-state index contributed by atoms with van der Waals surface area (Å²) in [5.41, 5.74) is 0.232. The number of carbonyl (C=O) groups is 3. The highest BCUT2D eigenvalue weighted by Crippen LogP contribution is 2.23. The van der Waals surface area contributed by atoms with E-state index in [4.69, 9.17) is 9.47 Å². The first-order chi connectivity index (χ1) is 14.7. The number of likely N-dealkylation sites (tertiary alicyclic amines) is 1. The first kappa shape index (κ1) is 22.9. The maximum absolute atomic E-state index is 13.2. The molecule has 2 saturated heterocycles. The molecule has 0 spiro atoms. The number of rotatable bonds is 3. The Bertz CT molecular complexity index is 786. The SMILES string of the molecule is C[C@@H]1CN(C(=O)OCc2ccccc2)[C@@H](C(=O)N2CCCC2)CN1C(=O)OC(C)(C)C. The van der Waals surface area contributed by atoms with Crippen LogP contribution in [0.5, 0.6) is 0 Å². The van der Waals surface area contributed by atoms with Gasteiger partial charge in [0.15, 0.2) is 0 Å². The van der Waals surface area contributed by atoms with Crippen LogP contribution in [0.4, 0.5) is 9.59 Å². The number of amides is 3. The van der Waals surface area contributed by atoms with Gasteiger partial charge in [-0.15, -0.1) is 0 Å². The van der Waals surface area contributed by atoms with Gasteiger partial charge in [0.1, 0.15) is 18.2 Å². The van der Waals surface area contributed by atoms with E-state index in [1.165, 1.54) is 4.90 Å². The van der Waals surface area contributed by atoms with E-state index in [0.717, 1.165) is 18.4 Å². The Morgan fingerprint density at radius 1 is 0.968 bits per heavy atom. The number of hydrogen-bond donors (Lipinski definition) is 0. The first-order valence-corrected chi connectivity index (χ1v) is 10.9. The molecule has 1 aromatic carbocycles. The zero-order chi connectivity index (χ0) is 22.6. The average Bonchev–Trinajstić information content (AvgIpc) is 3.25. The van der Waals surface area contributed by atoms with Crippen molar-refractivity contribution >= 4 is 18.1 Å². The van der Waals surface area contributed by atoms with Crippen LogP contribution < -0.4 is 0 Å². The normalized spacial score (nSPS) is 21.7. The van der Waals surface area contributed by atoms with Gasteiger partial charge in [-0.3, -0.25) is 9.69 Å². The third-order valence-electron chi connectivity index (χ3n) is 5.51. The van der Waals surface area contributed by atoms with Crippen molar-refractivity contribution in [3.8, 4) is 0 Å². The molecule has 2 atom stereocenters. The Balaban J connectivity index is 1.75. The van der Waals surface area contributed by atoms with Crippen molar-refractivity contribution in [3.63, 3.8) is 0 Å². The first-order valence-electron chi connectivity index (χ1n) is 10.9. The van der Waals surface area contributed by atoms with Gasteiger partial charge in [0.25, 0.3) is 0 Å². The molecule has 0 bridgehead atoms. The lowest BCUT2D eigenvalue weighted by molar-refractivity contribution is -0.138. The fourth-order valence-corrected chi connectivity index (χ4v) is 3.91. The molecule has 2 aliphatic heterocycles. The fourth-order valence-electron chi connectivity index (χ4n) is 3.91. The van der Waals surface area contributed by atoms with Gasteiger partial charge in [0.05, 0.1) is 12.6 Å². The van der Waals surface area contributed by atoms with E-state index in [-0.39, 0.29) is 31.6 Å². The van der Waals surface area contributed by atoms with Crippen LogP contribution >= 0.6 is 0 Å². The van der Waals surface area contributed by atoms with Gasteiger partial charge in [-0.05, 0) is 46.1 Å². The summed E-state index contributed by atoms with van der Waals surface area (Å²) in [7, 11) is 0. The minimum absolute atomic E-state index is 0.0891. The van der Waals surface area contributed by atoms with Crippen LogP contribution in [0, 0.1) is 0 Å². The molecule has 3 amide bonds. The van der Waals surface area contributed by atoms with E-state index in [0.29, 0.717) is 13.1 Å². The highest BCUT2D eigenvalue weighted by molar-refractivity contribution is 5.87. The van der Waals surface area contributed by atoms with Crippen LogP contribution in [0.15, 0.2) is 30.3 Å². The van der Waals surface area contributed by atoms with Crippen LogP contribution in [0.2, 0.25) is 0 Å². The van der Waals surface area contributed by atoms with E-state index in [1.807, 2.05) is 37.3 Å². The lowest BCUT2D eigenvalue weighted by Gasteiger charge is -2.44. The maximum Gasteiger partial charge on any atom is 0.410 e. The van der Waals surface area contributed by atoms with Crippen LogP contribution in [-0.2, 0) is 20.9 Å². The maximum atomic E-state index is 13.2. The molecule has 31 heavy (non-hydrogen) atoms. The van der Waals surface area contributed by atoms with Crippen LogP contribution in [0.1, 0.15) is 46.1 Å². The van der Waals surface area contributed by atoms with E-state index < -0.39 is 23.8 Å². The van der Waals surface area contributed by atoms with E-state index in [1.54, 1.807) is 30.6 Å². The predicted molar refractivity (Wildman–Crippen MR) is 115 cm³/mol. The molecular formula is C23H33N3O5. The van der Waals surface area contributed by atoms with Gasteiger partial charge >= 0.3 is 12.2 Å². The molecular weight excluding hydrogens is 398 g/mol. The van der Waals surface area contributed by atoms with Crippen molar-refractivity contribution in [1.82, 2.24) is 14.7 Å². The van der Waals surface area contributed by atoms with Crippen LogP contribution in [-0.4, -0.2) is 76.7 Å². The van der Waals surface area contributed by atoms with Gasteiger partial charge in [0.2, 0.25) is 5.91 Å². The summed E-state index contributed by atoms with van der Waals surface area (Å²) in [6.45, 7) is 9.03. The zero-order valence-electron chi connectivity index (χ0n) is 18.9. The summed E-state index contributed by atoms with van der Waals surface area (Å²) in [6.07, 6.45) is 0.875. The molecule has 0 aliphatic carbocycles. The number of benzene rings is 1. The fraction of sp³-hybridized carbons (Fsp3) is 0.609. The highest BCUT2D eigenvalue weighted by atomic mass is 16.6. The smallest absolute Gasteiger partial charge is 0.410 e. The minimum atomic E-state index is -0.787. The summed E-state index contributed by atoms with van der Waals surface area (Å²) in [4.78, 5) is 43.7. The monoisotopic (exact) mass is 431 g/mol. The highest BCUT2D eigenvalue weighted by Gasteiger charge is 2.44. The van der Waals surface area contributed by atoms with Gasteiger partial charge in [-0.2, -0.15) is 0 Å². The van der Waals surface area contributed by atoms with Crippen molar-refractivity contribution in [3.05, 3.63) is 35.9 Å². The molecule has 170 valence electrons. The van der Waals surface area contributed by atoms with Crippen molar-refractivity contribution < 1.29 is 23.9 Å².